The minimum absolute atomic E-state index is 0.143. The van der Waals surface area contributed by atoms with Gasteiger partial charge in [0, 0.05) is 6.42 Å². The van der Waals surface area contributed by atoms with Gasteiger partial charge < -0.3 is 44.2 Å². The fourth-order valence-corrected chi connectivity index (χ4v) is 7.50. The molecular weight excluding hydrogens is 483 g/mol. The molecule has 3 rings (SSSR count). The van der Waals surface area contributed by atoms with Gasteiger partial charge in [-0.15, -0.1) is 0 Å². The van der Waals surface area contributed by atoms with E-state index in [0.717, 1.165) is 0 Å². The van der Waals surface area contributed by atoms with Crippen molar-refractivity contribution in [2.75, 3.05) is 18.2 Å². The molecule has 2 aromatic rings. The van der Waals surface area contributed by atoms with Gasteiger partial charge in [0.15, 0.2) is 17.4 Å². The standard InChI is InChI=1S/C12H20N5O11P3/c13-11-10-12(15-4-14-11)17(5-16-10)2-7-1-8(18)9(27-7)3-26-29(19,20)6-30(21,22)28-31(23,24)25/h4-5,7-9,18H,1-3,6H2,(H,19,20)(H,21,22)(H2,13,14,15)(H2,23,24,25)/t7-,8+,9-/m1/s1. The number of aliphatic hydroxyl groups excluding tert-OH is 1. The van der Waals surface area contributed by atoms with Crippen molar-refractivity contribution in [1.82, 2.24) is 19.5 Å². The maximum atomic E-state index is 12.0. The molecule has 3 heterocycles. The van der Waals surface area contributed by atoms with E-state index in [4.69, 9.17) is 24.8 Å². The van der Waals surface area contributed by atoms with Crippen molar-refractivity contribution in [2.45, 2.75) is 31.3 Å². The number of nitrogens with zero attached hydrogens (tertiary/aromatic N) is 4. The summed E-state index contributed by atoms with van der Waals surface area (Å²) < 4.78 is 49.8. The highest BCUT2D eigenvalue weighted by Gasteiger charge is 2.41. The van der Waals surface area contributed by atoms with E-state index in [0.29, 0.717) is 11.2 Å². The molecular formula is C12H20N5O11P3. The molecule has 0 bridgehead atoms. The Kier molecular flexibility index (Phi) is 7.02. The van der Waals surface area contributed by atoms with Crippen LogP contribution < -0.4 is 5.73 Å². The number of imidazole rings is 1. The van der Waals surface area contributed by atoms with Gasteiger partial charge in [0.25, 0.3) is 0 Å². The molecule has 0 radical (unpaired) electrons. The number of aromatic nitrogens is 4. The molecule has 19 heteroatoms. The Labute approximate surface area is 174 Å². The number of nitrogens with two attached hydrogens (primary N) is 1. The maximum absolute atomic E-state index is 12.0. The number of hydrogen-bond acceptors (Lipinski definition) is 11. The Morgan fingerprint density at radius 2 is 1.87 bits per heavy atom. The smallest absolute Gasteiger partial charge is 0.390 e. The third kappa shape index (κ3) is 6.60. The highest BCUT2D eigenvalue weighted by molar-refractivity contribution is 7.74. The van der Waals surface area contributed by atoms with E-state index in [1.807, 2.05) is 0 Å². The van der Waals surface area contributed by atoms with Crippen LogP contribution in [-0.2, 0) is 33.8 Å². The van der Waals surface area contributed by atoms with Crippen LogP contribution in [0.2, 0.25) is 0 Å². The van der Waals surface area contributed by atoms with Crippen LogP contribution in [0, 0.1) is 0 Å². The first-order chi connectivity index (χ1) is 14.2. The number of hydrogen-bond donors (Lipinski definition) is 6. The average molecular weight is 503 g/mol. The number of phosphoric acid groups is 1. The van der Waals surface area contributed by atoms with Crippen LogP contribution in [0.3, 0.4) is 0 Å². The summed E-state index contributed by atoms with van der Waals surface area (Å²) in [5, 5.41) is 10.1. The van der Waals surface area contributed by atoms with Crippen LogP contribution >= 0.6 is 23.0 Å². The first-order valence-electron chi connectivity index (χ1n) is 8.54. The fraction of sp³-hybridized carbons (Fsp3) is 0.583. The van der Waals surface area contributed by atoms with Gasteiger partial charge in [-0.05, 0) is 0 Å². The third-order valence-electron chi connectivity index (χ3n) is 4.16. The van der Waals surface area contributed by atoms with E-state index in [9.17, 15) is 28.6 Å². The van der Waals surface area contributed by atoms with Gasteiger partial charge in [-0.3, -0.25) is 9.13 Å². The summed E-state index contributed by atoms with van der Waals surface area (Å²) >= 11 is 0. The van der Waals surface area contributed by atoms with Crippen molar-refractivity contribution in [3.8, 4) is 0 Å². The van der Waals surface area contributed by atoms with Crippen LogP contribution in [0.25, 0.3) is 11.2 Å². The minimum atomic E-state index is -5.37. The molecule has 1 fully saturated rings. The van der Waals surface area contributed by atoms with Crippen molar-refractivity contribution in [1.29, 1.82) is 0 Å². The maximum Gasteiger partial charge on any atom is 0.476 e. The zero-order valence-corrected chi connectivity index (χ0v) is 18.3. The average Bonchev–Trinajstić information content (AvgIpc) is 3.15. The van der Waals surface area contributed by atoms with E-state index in [1.165, 1.54) is 12.7 Å². The van der Waals surface area contributed by atoms with Crippen LogP contribution in [-0.4, -0.2) is 75.0 Å². The molecule has 16 nitrogen and oxygen atoms in total. The van der Waals surface area contributed by atoms with E-state index in [2.05, 4.69) is 19.3 Å². The SMILES string of the molecule is Nc1ncnc2c1ncn2C[C@H]1C[C@H](O)[C@@H](COP(=O)(O)CP(=O)(O)OP(=O)(O)O)O1. The van der Waals surface area contributed by atoms with Gasteiger partial charge >= 0.3 is 23.0 Å². The molecule has 2 aromatic heterocycles. The summed E-state index contributed by atoms with van der Waals surface area (Å²) in [6.45, 7) is -0.402. The van der Waals surface area contributed by atoms with E-state index < -0.39 is 53.8 Å². The molecule has 0 amide bonds. The number of ether oxygens (including phenoxy) is 1. The lowest BCUT2D eigenvalue weighted by Crippen LogP contribution is -2.26. The van der Waals surface area contributed by atoms with Crippen LogP contribution in [0.15, 0.2) is 12.7 Å². The molecule has 1 saturated heterocycles. The second kappa shape index (κ2) is 8.93. The number of aliphatic hydroxyl groups is 1. The van der Waals surface area contributed by atoms with Gasteiger partial charge in [-0.2, -0.15) is 0 Å². The topological polar surface area (TPSA) is 250 Å². The van der Waals surface area contributed by atoms with Gasteiger partial charge in [0.05, 0.1) is 31.7 Å². The Morgan fingerprint density at radius 3 is 2.55 bits per heavy atom. The number of fused-ring (bicyclic) bond motifs is 1. The molecule has 1 aliphatic rings. The van der Waals surface area contributed by atoms with Crippen molar-refractivity contribution in [2.24, 2.45) is 0 Å². The van der Waals surface area contributed by atoms with Crippen molar-refractivity contribution >= 4 is 40.0 Å². The summed E-state index contributed by atoms with van der Waals surface area (Å²) in [7, 11) is -15.3. The van der Waals surface area contributed by atoms with Crippen molar-refractivity contribution in [3.63, 3.8) is 0 Å². The lowest BCUT2D eigenvalue weighted by molar-refractivity contribution is -0.0214. The molecule has 0 aliphatic carbocycles. The fourth-order valence-electron chi connectivity index (χ4n) is 2.98. The Hall–Kier alpha value is -1.28. The molecule has 0 spiro atoms. The number of nitrogen functional groups attached to an aromatic ring is 1. The molecule has 0 aromatic carbocycles. The van der Waals surface area contributed by atoms with Crippen LogP contribution in [0.1, 0.15) is 6.42 Å². The predicted molar refractivity (Wildman–Crippen MR) is 103 cm³/mol. The van der Waals surface area contributed by atoms with Gasteiger partial charge in [0.2, 0.25) is 0 Å². The normalized spacial score (nSPS) is 26.0. The minimum Gasteiger partial charge on any atom is -0.390 e. The molecule has 31 heavy (non-hydrogen) atoms. The zero-order valence-electron chi connectivity index (χ0n) is 15.6. The monoisotopic (exact) mass is 503 g/mol. The predicted octanol–water partition coefficient (Wildman–Crippen LogP) is -0.619. The van der Waals surface area contributed by atoms with Gasteiger partial charge in [-0.1, -0.05) is 0 Å². The van der Waals surface area contributed by atoms with E-state index in [1.54, 1.807) is 4.57 Å². The molecule has 0 saturated carbocycles. The van der Waals surface area contributed by atoms with Gasteiger partial charge in [-0.25, -0.2) is 23.8 Å². The van der Waals surface area contributed by atoms with E-state index in [-0.39, 0.29) is 18.8 Å². The molecule has 2 unspecified atom stereocenters. The number of rotatable bonds is 9. The third-order valence-corrected chi connectivity index (χ3v) is 9.45. The molecule has 1 aliphatic heterocycles. The van der Waals surface area contributed by atoms with Crippen LogP contribution in [0.4, 0.5) is 5.82 Å². The highest BCUT2D eigenvalue weighted by atomic mass is 31.3. The Morgan fingerprint density at radius 1 is 1.16 bits per heavy atom. The van der Waals surface area contributed by atoms with E-state index >= 15 is 0 Å². The largest absolute Gasteiger partial charge is 0.476 e. The second-order valence-corrected chi connectivity index (χ2v) is 12.3. The Balaban J connectivity index is 1.57. The number of anilines is 1. The van der Waals surface area contributed by atoms with Crippen molar-refractivity contribution < 1.29 is 51.9 Å². The first-order valence-corrected chi connectivity index (χ1v) is 13.6. The zero-order chi connectivity index (χ0) is 23.0. The Bertz CT molecular complexity index is 1090. The van der Waals surface area contributed by atoms with Crippen molar-refractivity contribution in [3.05, 3.63) is 12.7 Å². The van der Waals surface area contributed by atoms with Crippen LogP contribution in [0.5, 0.6) is 0 Å². The first kappa shape index (κ1) is 24.4. The second-order valence-electron chi connectivity index (χ2n) is 6.71. The quantitative estimate of drug-likeness (QED) is 0.233. The molecule has 174 valence electrons. The summed E-state index contributed by atoms with van der Waals surface area (Å²) in [6, 6.07) is 0. The molecule has 7 N–H and O–H groups in total. The lowest BCUT2D eigenvalue weighted by Gasteiger charge is -2.20. The lowest BCUT2D eigenvalue weighted by atomic mass is 10.1. The highest BCUT2D eigenvalue weighted by Crippen LogP contribution is 2.64. The summed E-state index contributed by atoms with van der Waals surface area (Å²) in [4.78, 5) is 48.2. The summed E-state index contributed by atoms with van der Waals surface area (Å²) in [5.41, 5.74) is 6.57. The molecule has 5 atom stereocenters. The summed E-state index contributed by atoms with van der Waals surface area (Å²) in [5.74, 6) is -1.36. The van der Waals surface area contributed by atoms with Gasteiger partial charge in [0.1, 0.15) is 17.9 Å². The summed E-state index contributed by atoms with van der Waals surface area (Å²) in [6.07, 6.45) is 0.219.